The third-order valence-electron chi connectivity index (χ3n) is 4.18. The van der Waals surface area contributed by atoms with Crippen molar-refractivity contribution in [3.8, 4) is 11.5 Å². The molecule has 1 unspecified atom stereocenters. The summed E-state index contributed by atoms with van der Waals surface area (Å²) in [6, 6.07) is 5.50. The number of rotatable bonds is 5. The lowest BCUT2D eigenvalue weighted by atomic mass is 10.1. The summed E-state index contributed by atoms with van der Waals surface area (Å²) >= 11 is 0. The summed E-state index contributed by atoms with van der Waals surface area (Å²) < 4.78 is 21.7. The van der Waals surface area contributed by atoms with E-state index in [0.717, 1.165) is 33.8 Å². The first-order valence-corrected chi connectivity index (χ1v) is 9.98. The quantitative estimate of drug-likeness (QED) is 0.714. The molecule has 0 saturated carbocycles. The van der Waals surface area contributed by atoms with Crippen LogP contribution in [0.15, 0.2) is 29.6 Å². The Balaban J connectivity index is 0.00000243. The van der Waals surface area contributed by atoms with Gasteiger partial charge >= 0.3 is 0 Å². The van der Waals surface area contributed by atoms with E-state index in [1.165, 1.54) is 0 Å². The van der Waals surface area contributed by atoms with Gasteiger partial charge in [-0.15, -0.1) is 10.3 Å². The second kappa shape index (κ2) is 7.55. The van der Waals surface area contributed by atoms with Gasteiger partial charge in [0.15, 0.2) is 0 Å². The van der Waals surface area contributed by atoms with Gasteiger partial charge in [-0.3, -0.25) is 4.98 Å². The molecule has 0 aliphatic carbocycles. The molecule has 1 aromatic carbocycles. The van der Waals surface area contributed by atoms with Crippen molar-refractivity contribution in [2.75, 3.05) is 20.5 Å². The molecule has 0 spiro atoms. The molecule has 3 rings (SSSR count). The van der Waals surface area contributed by atoms with Crippen molar-refractivity contribution in [3.05, 3.63) is 41.2 Å². The lowest BCUT2D eigenvalue weighted by Crippen LogP contribution is -2.08. The van der Waals surface area contributed by atoms with E-state index in [1.807, 2.05) is 32.0 Å². The van der Waals surface area contributed by atoms with E-state index in [9.17, 15) is 4.55 Å². The Labute approximate surface area is 156 Å². The van der Waals surface area contributed by atoms with Crippen molar-refractivity contribution in [2.24, 2.45) is 0 Å². The Hall–Kier alpha value is -2.25. The molecule has 6 nitrogen and oxygen atoms in total. The number of fused-ring (bicyclic) bond motifs is 1. The van der Waals surface area contributed by atoms with Gasteiger partial charge in [-0.1, -0.05) is 13.5 Å². The molecule has 26 heavy (non-hydrogen) atoms. The lowest BCUT2D eigenvalue weighted by molar-refractivity contribution is 0.407. The molecule has 7 heteroatoms. The van der Waals surface area contributed by atoms with Gasteiger partial charge < -0.3 is 24.0 Å². The van der Waals surface area contributed by atoms with Gasteiger partial charge in [0.05, 0.1) is 19.9 Å². The molecule has 0 fully saturated rings. The van der Waals surface area contributed by atoms with E-state index in [4.69, 9.17) is 9.47 Å². The molecule has 0 radical (unpaired) electrons. The van der Waals surface area contributed by atoms with Crippen molar-refractivity contribution in [1.82, 2.24) is 15.0 Å². The minimum atomic E-state index is -2.24. The van der Waals surface area contributed by atoms with Crippen LogP contribution in [0.4, 0.5) is 0 Å². The number of benzene rings is 1. The third kappa shape index (κ3) is 3.64. The maximum atomic E-state index is 11.1. The molecular formula is C19H26N3O3S-. The van der Waals surface area contributed by atoms with Crippen LogP contribution < -0.4 is 14.5 Å². The summed E-state index contributed by atoms with van der Waals surface area (Å²) in [6.45, 7) is 3.91. The van der Waals surface area contributed by atoms with Crippen LogP contribution in [0.25, 0.3) is 11.0 Å². The van der Waals surface area contributed by atoms with Gasteiger partial charge in [0.25, 0.3) is 0 Å². The molecule has 0 amide bonds. The van der Waals surface area contributed by atoms with Crippen LogP contribution in [0.2, 0.25) is 0 Å². The van der Waals surface area contributed by atoms with Gasteiger partial charge in [0, 0.05) is 23.1 Å². The number of pyridine rings is 1. The molecule has 142 valence electrons. The highest BCUT2D eigenvalue weighted by Gasteiger charge is 2.20. The van der Waals surface area contributed by atoms with Crippen molar-refractivity contribution < 1.29 is 14.0 Å². The van der Waals surface area contributed by atoms with Crippen LogP contribution in [-0.2, 0) is 5.75 Å². The Kier molecular flexibility index (Phi) is 5.83. The highest BCUT2D eigenvalue weighted by molar-refractivity contribution is 8.27. The molecule has 0 aliphatic heterocycles. The van der Waals surface area contributed by atoms with Gasteiger partial charge in [-0.2, -0.15) is 0 Å². The second-order valence-corrected chi connectivity index (χ2v) is 8.83. The van der Waals surface area contributed by atoms with E-state index in [0.29, 0.717) is 16.4 Å². The summed E-state index contributed by atoms with van der Waals surface area (Å²) in [5.74, 6) is 1.90. The highest BCUT2D eigenvalue weighted by atomic mass is 32.3. The van der Waals surface area contributed by atoms with Crippen LogP contribution in [0.5, 0.6) is 11.5 Å². The molecule has 2 aromatic heterocycles. The van der Waals surface area contributed by atoms with Crippen molar-refractivity contribution in [2.45, 2.75) is 32.2 Å². The van der Waals surface area contributed by atoms with Crippen LogP contribution in [-0.4, -0.2) is 35.0 Å². The third-order valence-corrected chi connectivity index (χ3v) is 5.98. The molecule has 0 saturated heterocycles. The smallest absolute Gasteiger partial charge is 0.128 e. The zero-order valence-electron chi connectivity index (χ0n) is 15.0. The number of aryl methyl sites for hydroxylation is 1. The Morgan fingerprint density at radius 3 is 2.58 bits per heavy atom. The fraction of sp³-hybridized carbons (Fsp3) is 0.368. The Bertz CT molecular complexity index is 922. The average molecular weight is 377 g/mol. The number of ether oxygens (including phenoxy) is 2. The van der Waals surface area contributed by atoms with Gasteiger partial charge in [0.1, 0.15) is 11.5 Å². The number of nitrogens with zero attached hydrogens (tertiary/aromatic N) is 3. The van der Waals surface area contributed by atoms with Crippen LogP contribution in [0, 0.1) is 13.8 Å². The SMILES string of the molecule is C.COc1ccc2[n-]c(S(C)(O)Cc3ncc(C)c(OC)c3C)nc2c1. The molecule has 1 N–H and O–H groups in total. The Morgan fingerprint density at radius 2 is 1.92 bits per heavy atom. The summed E-state index contributed by atoms with van der Waals surface area (Å²) in [7, 11) is 1.02. The molecule has 1 atom stereocenters. The summed E-state index contributed by atoms with van der Waals surface area (Å²) in [5, 5.41) is 0.455. The van der Waals surface area contributed by atoms with E-state index in [1.54, 1.807) is 26.7 Å². The number of methoxy groups -OCH3 is 2. The largest absolute Gasteiger partial charge is 0.497 e. The van der Waals surface area contributed by atoms with Crippen molar-refractivity contribution in [1.29, 1.82) is 0 Å². The van der Waals surface area contributed by atoms with E-state index >= 15 is 0 Å². The number of aromatic nitrogens is 3. The van der Waals surface area contributed by atoms with Crippen LogP contribution in [0.3, 0.4) is 0 Å². The average Bonchev–Trinajstić information content (AvgIpc) is 3.02. The predicted octanol–water partition coefficient (Wildman–Crippen LogP) is 4.32. The van der Waals surface area contributed by atoms with E-state index in [-0.39, 0.29) is 7.43 Å². The van der Waals surface area contributed by atoms with Gasteiger partial charge in [-0.05, 0) is 48.4 Å². The minimum Gasteiger partial charge on any atom is -0.497 e. The number of imidazole rings is 1. The first-order chi connectivity index (χ1) is 11.9. The lowest BCUT2D eigenvalue weighted by Gasteiger charge is -2.32. The van der Waals surface area contributed by atoms with E-state index in [2.05, 4.69) is 15.0 Å². The second-order valence-electron chi connectivity index (χ2n) is 6.09. The number of hydrogen-bond donors (Lipinski definition) is 1. The fourth-order valence-electron chi connectivity index (χ4n) is 2.79. The van der Waals surface area contributed by atoms with Gasteiger partial charge in [-0.25, -0.2) is 0 Å². The van der Waals surface area contributed by atoms with Crippen LogP contribution in [0.1, 0.15) is 24.2 Å². The van der Waals surface area contributed by atoms with Gasteiger partial charge in [0.2, 0.25) is 0 Å². The summed E-state index contributed by atoms with van der Waals surface area (Å²) in [5.41, 5.74) is 4.17. The maximum absolute atomic E-state index is 11.1. The topological polar surface area (TPSA) is 78.6 Å². The molecule has 2 heterocycles. The fourth-order valence-corrected chi connectivity index (χ4v) is 4.33. The zero-order valence-corrected chi connectivity index (χ0v) is 15.8. The summed E-state index contributed by atoms with van der Waals surface area (Å²) in [6.07, 6.45) is 3.55. The first kappa shape index (κ1) is 20.1. The monoisotopic (exact) mass is 376 g/mol. The Morgan fingerprint density at radius 1 is 1.19 bits per heavy atom. The summed E-state index contributed by atoms with van der Waals surface area (Å²) in [4.78, 5) is 13.5. The van der Waals surface area contributed by atoms with E-state index < -0.39 is 10.3 Å². The van der Waals surface area contributed by atoms with Crippen LogP contribution >= 0.6 is 10.3 Å². The van der Waals surface area contributed by atoms with Crippen molar-refractivity contribution in [3.63, 3.8) is 0 Å². The maximum Gasteiger partial charge on any atom is 0.128 e. The standard InChI is InChI=1S/C18H22N3O3S.CH4/c1-11-9-19-16(12(2)17(11)24-4)10-25(5,22)18-20-14-7-6-13(23-3)8-15(14)21-18;/h6-9H,10H2,1-5H3,(H-,20,21,22);1H4/q-1;. The number of hydrogen-bond acceptors (Lipinski definition) is 5. The molecule has 0 bridgehead atoms. The van der Waals surface area contributed by atoms with Crippen molar-refractivity contribution >= 4 is 21.3 Å². The molecular weight excluding hydrogens is 350 g/mol. The predicted molar refractivity (Wildman–Crippen MR) is 107 cm³/mol. The first-order valence-electron chi connectivity index (χ1n) is 7.81. The minimum absolute atomic E-state index is 0. The normalized spacial score (nSPS) is 14.4. The zero-order chi connectivity index (χ0) is 18.2. The molecule has 0 aliphatic rings. The highest BCUT2D eigenvalue weighted by Crippen LogP contribution is 2.50. The molecule has 3 aromatic rings.